The van der Waals surface area contributed by atoms with Crippen LogP contribution in [0, 0.1) is 5.92 Å². The summed E-state index contributed by atoms with van der Waals surface area (Å²) >= 11 is 0. The number of alkyl halides is 3. The van der Waals surface area contributed by atoms with Crippen molar-refractivity contribution in [2.75, 3.05) is 38.6 Å². The molecule has 5 heterocycles. The van der Waals surface area contributed by atoms with Gasteiger partial charge in [0.05, 0.1) is 41.4 Å². The van der Waals surface area contributed by atoms with Crippen LogP contribution in [0.1, 0.15) is 65.4 Å². The van der Waals surface area contributed by atoms with Crippen LogP contribution in [0.25, 0.3) is 21.9 Å². The molecule has 1 atom stereocenters. The number of carbonyl (C=O) groups excluding carboxylic acids is 2. The minimum absolute atomic E-state index is 0.0301. The molecule has 2 aromatic carbocycles. The molecule has 2 N–H and O–H groups in total. The molecule has 2 aliphatic heterocycles. The van der Waals surface area contributed by atoms with Crippen molar-refractivity contribution < 1.29 is 27.5 Å². The van der Waals surface area contributed by atoms with Crippen molar-refractivity contribution in [3.05, 3.63) is 82.2 Å². The highest BCUT2D eigenvalue weighted by atomic mass is 19.4. The molecule has 1 unspecified atom stereocenters. The minimum atomic E-state index is -4.66. The summed E-state index contributed by atoms with van der Waals surface area (Å²) in [6.07, 6.45) is 0.283. The number of amides is 2. The number of benzene rings is 2. The van der Waals surface area contributed by atoms with Crippen molar-refractivity contribution in [1.82, 2.24) is 34.1 Å². The van der Waals surface area contributed by atoms with E-state index in [2.05, 4.69) is 26.6 Å². The standard InChI is InChI=1S/C36H37F3N8O4/c1-44-33-25(5-3-7-29(33)47(35(44)50)23-9-10-32(48)40-15-23)22-17-45(18-22)16-20-11-24(12-20)46-19-21-13-28(30(51-2)14-27(21)43-46)42-34(49)26-6-4-8-31(41-26)36(37,38)39/h3-8,13-14,19-20,22-24H,9-12,15-18H2,1-2H3,(H,40,48)(H,42,49)/t20-,23?,24-. The molecule has 1 aliphatic carbocycles. The Morgan fingerprint density at radius 1 is 1.08 bits per heavy atom. The third-order valence-electron chi connectivity index (χ3n) is 10.6. The van der Waals surface area contributed by atoms with Crippen molar-refractivity contribution in [3.63, 3.8) is 0 Å². The molecule has 5 aromatic rings. The summed E-state index contributed by atoms with van der Waals surface area (Å²) in [6.45, 7) is 3.30. The first-order valence-corrected chi connectivity index (χ1v) is 17.1. The maximum atomic E-state index is 13.3. The number of para-hydroxylation sites is 1. The number of aryl methyl sites for hydroxylation is 1. The van der Waals surface area contributed by atoms with E-state index >= 15 is 0 Å². The first-order chi connectivity index (χ1) is 24.5. The first kappa shape index (κ1) is 33.0. The molecule has 1 saturated carbocycles. The number of halogens is 3. The molecule has 2 amide bonds. The number of fused-ring (bicyclic) bond motifs is 2. The molecule has 15 heteroatoms. The normalized spacial score (nSPS) is 21.4. The summed E-state index contributed by atoms with van der Waals surface area (Å²) in [4.78, 5) is 43.8. The number of likely N-dealkylation sites (tertiary alicyclic amines) is 1. The van der Waals surface area contributed by atoms with E-state index in [9.17, 15) is 27.6 Å². The number of carbonyl (C=O) groups is 2. The van der Waals surface area contributed by atoms with E-state index in [0.717, 1.165) is 61.0 Å². The van der Waals surface area contributed by atoms with Gasteiger partial charge in [0.15, 0.2) is 0 Å². The van der Waals surface area contributed by atoms with Crippen LogP contribution < -0.4 is 21.1 Å². The van der Waals surface area contributed by atoms with E-state index in [1.165, 1.54) is 18.7 Å². The molecule has 3 aromatic heterocycles. The molecule has 0 spiro atoms. The topological polar surface area (TPSA) is 128 Å². The maximum absolute atomic E-state index is 13.3. The van der Waals surface area contributed by atoms with Gasteiger partial charge in [-0.1, -0.05) is 18.2 Å². The predicted molar refractivity (Wildman–Crippen MR) is 183 cm³/mol. The fraction of sp³-hybridized carbons (Fsp3) is 0.417. The van der Waals surface area contributed by atoms with Crippen molar-refractivity contribution in [2.24, 2.45) is 13.0 Å². The Balaban J connectivity index is 0.894. The molecule has 2 saturated heterocycles. The van der Waals surface area contributed by atoms with Crippen LogP contribution in [-0.2, 0) is 18.0 Å². The average Bonchev–Trinajstić information content (AvgIpc) is 3.59. The highest BCUT2D eigenvalue weighted by Crippen LogP contribution is 2.42. The molecule has 266 valence electrons. The van der Waals surface area contributed by atoms with E-state index < -0.39 is 17.8 Å². The number of ether oxygens (including phenoxy) is 1. The smallest absolute Gasteiger partial charge is 0.433 e. The van der Waals surface area contributed by atoms with Crippen molar-refractivity contribution >= 4 is 39.4 Å². The highest BCUT2D eigenvalue weighted by Gasteiger charge is 2.38. The molecule has 12 nitrogen and oxygen atoms in total. The fourth-order valence-corrected chi connectivity index (χ4v) is 7.87. The Labute approximate surface area is 290 Å². The molecule has 0 bridgehead atoms. The largest absolute Gasteiger partial charge is 0.494 e. The summed E-state index contributed by atoms with van der Waals surface area (Å²) in [6, 6.07) is 12.9. The van der Waals surface area contributed by atoms with Crippen molar-refractivity contribution in [3.8, 4) is 5.75 Å². The second-order valence-corrected chi connectivity index (χ2v) is 13.9. The number of aromatic nitrogens is 5. The number of hydrogen-bond donors (Lipinski definition) is 2. The number of piperidine rings is 1. The lowest BCUT2D eigenvalue weighted by Gasteiger charge is -2.45. The van der Waals surface area contributed by atoms with Gasteiger partial charge in [-0.3, -0.25) is 23.4 Å². The van der Waals surface area contributed by atoms with E-state index in [1.54, 1.807) is 16.7 Å². The van der Waals surface area contributed by atoms with Gasteiger partial charge in [-0.2, -0.15) is 18.3 Å². The van der Waals surface area contributed by atoms with Crippen molar-refractivity contribution in [2.45, 2.75) is 49.9 Å². The second kappa shape index (κ2) is 12.5. The predicted octanol–water partition coefficient (Wildman–Crippen LogP) is 4.87. The summed E-state index contributed by atoms with van der Waals surface area (Å²) in [5.41, 5.74) is 2.53. The SMILES string of the molecule is COc1cc2nn([C@H]3C[C@H](CN4CC(c5cccc6c5n(C)c(=O)n6C5CCC(=O)NC5)C4)C3)cc2cc1NC(=O)c1cccc(C(F)(F)F)n1. The van der Waals surface area contributed by atoms with E-state index in [4.69, 9.17) is 9.84 Å². The number of nitrogens with one attached hydrogen (secondary N) is 2. The van der Waals surface area contributed by atoms with Gasteiger partial charge < -0.3 is 20.3 Å². The number of hydrogen-bond acceptors (Lipinski definition) is 7. The first-order valence-electron chi connectivity index (χ1n) is 17.1. The number of imidazole rings is 1. The average molecular weight is 703 g/mol. The van der Waals surface area contributed by atoms with E-state index in [0.29, 0.717) is 48.2 Å². The number of pyridine rings is 1. The summed E-state index contributed by atoms with van der Waals surface area (Å²) < 4.78 is 50.4. The lowest BCUT2D eigenvalue weighted by molar-refractivity contribution is -0.141. The number of nitrogens with zero attached hydrogens (tertiary/aromatic N) is 6. The van der Waals surface area contributed by atoms with Gasteiger partial charge >= 0.3 is 11.9 Å². The molecule has 51 heavy (non-hydrogen) atoms. The van der Waals surface area contributed by atoms with Gasteiger partial charge in [0.1, 0.15) is 17.1 Å². The number of rotatable bonds is 8. The van der Waals surface area contributed by atoms with Crippen LogP contribution in [0.3, 0.4) is 0 Å². The molecule has 3 aliphatic rings. The van der Waals surface area contributed by atoms with Crippen LogP contribution in [0.15, 0.2) is 59.5 Å². The Kier molecular flexibility index (Phi) is 8.12. The Morgan fingerprint density at radius 3 is 2.59 bits per heavy atom. The summed E-state index contributed by atoms with van der Waals surface area (Å²) in [5.74, 6) is 0.443. The number of methoxy groups -OCH3 is 1. The van der Waals surface area contributed by atoms with Crippen LogP contribution in [0.4, 0.5) is 18.9 Å². The molecule has 0 radical (unpaired) electrons. The van der Waals surface area contributed by atoms with Gasteiger partial charge in [0, 0.05) is 63.2 Å². The van der Waals surface area contributed by atoms with E-state index in [1.807, 2.05) is 34.6 Å². The zero-order valence-corrected chi connectivity index (χ0v) is 28.1. The Hall–Kier alpha value is -5.18. The molecule has 3 fully saturated rings. The van der Waals surface area contributed by atoms with Crippen molar-refractivity contribution in [1.29, 1.82) is 0 Å². The zero-order valence-electron chi connectivity index (χ0n) is 28.1. The fourth-order valence-electron chi connectivity index (χ4n) is 7.87. The van der Waals surface area contributed by atoms with Gasteiger partial charge in [-0.05, 0) is 55.0 Å². The van der Waals surface area contributed by atoms with Gasteiger partial charge in [0.25, 0.3) is 5.91 Å². The van der Waals surface area contributed by atoms with Gasteiger partial charge in [0.2, 0.25) is 5.91 Å². The Morgan fingerprint density at radius 2 is 1.86 bits per heavy atom. The Bertz CT molecular complexity index is 2220. The molecular weight excluding hydrogens is 665 g/mol. The zero-order chi connectivity index (χ0) is 35.6. The third-order valence-corrected chi connectivity index (χ3v) is 10.6. The van der Waals surface area contributed by atoms with Crippen LogP contribution in [0.5, 0.6) is 5.75 Å². The lowest BCUT2D eigenvalue weighted by atomic mass is 9.78. The summed E-state index contributed by atoms with van der Waals surface area (Å²) in [5, 5.41) is 11.1. The number of anilines is 1. The van der Waals surface area contributed by atoms with Crippen LogP contribution in [-0.4, -0.2) is 73.9 Å². The maximum Gasteiger partial charge on any atom is 0.433 e. The molecule has 8 rings (SSSR count). The lowest BCUT2D eigenvalue weighted by Crippen LogP contribution is -2.49. The van der Waals surface area contributed by atoms with Gasteiger partial charge in [-0.25, -0.2) is 9.78 Å². The quantitative estimate of drug-likeness (QED) is 0.236. The van der Waals surface area contributed by atoms with Gasteiger partial charge in [-0.15, -0.1) is 0 Å². The monoisotopic (exact) mass is 702 g/mol. The van der Waals surface area contributed by atoms with Crippen LogP contribution in [0.2, 0.25) is 0 Å². The molecular formula is C36H37F3N8O4. The minimum Gasteiger partial charge on any atom is -0.494 e. The third kappa shape index (κ3) is 6.02. The highest BCUT2D eigenvalue weighted by molar-refractivity contribution is 6.05. The van der Waals surface area contributed by atoms with E-state index in [-0.39, 0.29) is 29.4 Å². The van der Waals surface area contributed by atoms with Crippen LogP contribution >= 0.6 is 0 Å². The summed E-state index contributed by atoms with van der Waals surface area (Å²) in [7, 11) is 3.28. The second-order valence-electron chi connectivity index (χ2n) is 13.9.